The minimum Gasteiger partial charge on any atom is -0.259 e. The predicted molar refractivity (Wildman–Crippen MR) is 58.8 cm³/mol. The van der Waals surface area contributed by atoms with E-state index in [1.165, 1.54) is 20.0 Å². The van der Waals surface area contributed by atoms with Crippen LogP contribution in [0.25, 0.3) is 0 Å². The number of hydrogen-bond acceptors (Lipinski definition) is 5. The van der Waals surface area contributed by atoms with Gasteiger partial charge in [0, 0.05) is 28.0 Å². The van der Waals surface area contributed by atoms with Crippen molar-refractivity contribution in [2.24, 2.45) is 0 Å². The highest BCUT2D eigenvalue weighted by molar-refractivity contribution is 8.13. The standard InChI is InChI=1S/C8H9ClN2O4S/c1-5-3-10-7(4-16(9,14)15)6(2)8(5)11(12)13/h3H,4H2,1-2H3. The summed E-state index contributed by atoms with van der Waals surface area (Å²) in [7, 11) is 1.31. The van der Waals surface area contributed by atoms with E-state index >= 15 is 0 Å². The third-order valence-electron chi connectivity index (χ3n) is 2.07. The van der Waals surface area contributed by atoms with E-state index in [1.54, 1.807) is 0 Å². The largest absolute Gasteiger partial charge is 0.278 e. The lowest BCUT2D eigenvalue weighted by atomic mass is 10.1. The van der Waals surface area contributed by atoms with Crippen LogP contribution in [-0.2, 0) is 14.8 Å². The molecule has 0 fully saturated rings. The van der Waals surface area contributed by atoms with Gasteiger partial charge in [0.2, 0.25) is 9.05 Å². The molecule has 0 aromatic carbocycles. The fourth-order valence-electron chi connectivity index (χ4n) is 1.35. The van der Waals surface area contributed by atoms with Crippen LogP contribution in [0.2, 0.25) is 0 Å². The van der Waals surface area contributed by atoms with E-state index < -0.39 is 19.7 Å². The number of aryl methyl sites for hydroxylation is 1. The molecule has 0 saturated carbocycles. The van der Waals surface area contributed by atoms with Crippen molar-refractivity contribution in [1.82, 2.24) is 4.98 Å². The fraction of sp³-hybridized carbons (Fsp3) is 0.375. The van der Waals surface area contributed by atoms with Crippen molar-refractivity contribution in [2.75, 3.05) is 0 Å². The second kappa shape index (κ2) is 4.34. The molecule has 1 aromatic heterocycles. The normalized spacial score (nSPS) is 11.4. The first-order valence-corrected chi connectivity index (χ1v) is 6.72. The Morgan fingerprint density at radius 2 is 2.06 bits per heavy atom. The van der Waals surface area contributed by atoms with Crippen LogP contribution in [-0.4, -0.2) is 18.3 Å². The number of nitro groups is 1. The topological polar surface area (TPSA) is 90.2 Å². The molecule has 1 rings (SSSR count). The van der Waals surface area contributed by atoms with Gasteiger partial charge in [-0.05, 0) is 13.8 Å². The van der Waals surface area contributed by atoms with Crippen LogP contribution >= 0.6 is 10.7 Å². The summed E-state index contributed by atoms with van der Waals surface area (Å²) in [5.74, 6) is -0.512. The number of hydrogen-bond donors (Lipinski definition) is 0. The van der Waals surface area contributed by atoms with Gasteiger partial charge in [-0.25, -0.2) is 8.42 Å². The lowest BCUT2D eigenvalue weighted by Gasteiger charge is -2.05. The molecule has 0 saturated heterocycles. The summed E-state index contributed by atoms with van der Waals surface area (Å²) in [4.78, 5) is 14.0. The summed E-state index contributed by atoms with van der Waals surface area (Å²) < 4.78 is 21.7. The van der Waals surface area contributed by atoms with Crippen molar-refractivity contribution in [3.63, 3.8) is 0 Å². The molecule has 0 aliphatic heterocycles. The van der Waals surface area contributed by atoms with Crippen molar-refractivity contribution >= 4 is 25.4 Å². The van der Waals surface area contributed by atoms with Crippen LogP contribution in [0, 0.1) is 24.0 Å². The van der Waals surface area contributed by atoms with Gasteiger partial charge < -0.3 is 0 Å². The van der Waals surface area contributed by atoms with Crippen molar-refractivity contribution in [2.45, 2.75) is 19.6 Å². The smallest absolute Gasteiger partial charge is 0.259 e. The average molecular weight is 265 g/mol. The first kappa shape index (κ1) is 12.9. The molecule has 0 aliphatic rings. The third-order valence-corrected chi connectivity index (χ3v) is 3.01. The van der Waals surface area contributed by atoms with E-state index in [9.17, 15) is 18.5 Å². The quantitative estimate of drug-likeness (QED) is 0.471. The number of pyridine rings is 1. The van der Waals surface area contributed by atoms with Gasteiger partial charge >= 0.3 is 0 Å². The molecule has 1 heterocycles. The second-order valence-electron chi connectivity index (χ2n) is 3.30. The molecule has 0 amide bonds. The molecular formula is C8H9ClN2O4S. The number of aromatic nitrogens is 1. The van der Waals surface area contributed by atoms with E-state index in [-0.39, 0.29) is 16.9 Å². The third kappa shape index (κ3) is 2.89. The molecule has 88 valence electrons. The summed E-state index contributed by atoms with van der Waals surface area (Å²) in [6, 6.07) is 0. The highest BCUT2D eigenvalue weighted by Crippen LogP contribution is 2.25. The van der Waals surface area contributed by atoms with Crippen LogP contribution in [0.4, 0.5) is 5.69 Å². The van der Waals surface area contributed by atoms with E-state index in [0.717, 1.165) is 0 Å². The minimum atomic E-state index is -3.77. The lowest BCUT2D eigenvalue weighted by Crippen LogP contribution is -2.05. The lowest BCUT2D eigenvalue weighted by molar-refractivity contribution is -0.386. The zero-order valence-electron chi connectivity index (χ0n) is 8.60. The Bertz CT molecular complexity index is 541. The number of halogens is 1. The van der Waals surface area contributed by atoms with Gasteiger partial charge in [0.15, 0.2) is 0 Å². The Labute approximate surface area is 96.8 Å². The molecule has 0 unspecified atom stereocenters. The Balaban J connectivity index is 3.35. The first-order valence-electron chi connectivity index (χ1n) is 4.24. The maximum atomic E-state index is 10.9. The molecule has 6 nitrogen and oxygen atoms in total. The minimum absolute atomic E-state index is 0.104. The van der Waals surface area contributed by atoms with Gasteiger partial charge in [0.1, 0.15) is 5.75 Å². The molecule has 0 N–H and O–H groups in total. The molecule has 1 aromatic rings. The molecule has 0 aliphatic carbocycles. The van der Waals surface area contributed by atoms with E-state index in [1.807, 2.05) is 0 Å². The SMILES string of the molecule is Cc1cnc(CS(=O)(=O)Cl)c(C)c1[N+](=O)[O-]. The van der Waals surface area contributed by atoms with Gasteiger partial charge in [-0.2, -0.15) is 0 Å². The molecule has 0 radical (unpaired) electrons. The van der Waals surface area contributed by atoms with Gasteiger partial charge in [-0.3, -0.25) is 15.1 Å². The van der Waals surface area contributed by atoms with Crippen molar-refractivity contribution in [3.05, 3.63) is 33.1 Å². The average Bonchev–Trinajstić information content (AvgIpc) is 2.07. The van der Waals surface area contributed by atoms with Crippen LogP contribution in [0.5, 0.6) is 0 Å². The predicted octanol–water partition coefficient (Wildman–Crippen LogP) is 1.68. The maximum Gasteiger partial charge on any atom is 0.278 e. The Kier molecular flexibility index (Phi) is 3.49. The summed E-state index contributed by atoms with van der Waals surface area (Å²) in [6.07, 6.45) is 1.27. The van der Waals surface area contributed by atoms with Crippen molar-refractivity contribution in [3.8, 4) is 0 Å². The van der Waals surface area contributed by atoms with Crippen LogP contribution in [0.15, 0.2) is 6.20 Å². The summed E-state index contributed by atoms with van der Waals surface area (Å²) >= 11 is 0. The summed E-state index contributed by atoms with van der Waals surface area (Å²) in [5.41, 5.74) is 0.602. The molecule has 0 bridgehead atoms. The Morgan fingerprint density at radius 1 is 1.50 bits per heavy atom. The summed E-state index contributed by atoms with van der Waals surface area (Å²) in [5, 5.41) is 10.8. The molecule has 8 heteroatoms. The van der Waals surface area contributed by atoms with Crippen molar-refractivity contribution < 1.29 is 13.3 Å². The van der Waals surface area contributed by atoms with Crippen LogP contribution < -0.4 is 0 Å². The molecule has 0 atom stereocenters. The first-order chi connectivity index (χ1) is 7.22. The molecule has 16 heavy (non-hydrogen) atoms. The monoisotopic (exact) mass is 264 g/mol. The van der Waals surface area contributed by atoms with Crippen LogP contribution in [0.3, 0.4) is 0 Å². The highest BCUT2D eigenvalue weighted by atomic mass is 35.7. The van der Waals surface area contributed by atoms with E-state index in [2.05, 4.69) is 4.98 Å². The number of nitrogens with zero attached hydrogens (tertiary/aromatic N) is 2. The molecular weight excluding hydrogens is 256 g/mol. The Hall–Kier alpha value is -1.21. The van der Waals surface area contributed by atoms with Gasteiger partial charge in [0.25, 0.3) is 5.69 Å². The summed E-state index contributed by atoms with van der Waals surface area (Å²) in [6.45, 7) is 2.99. The van der Waals surface area contributed by atoms with Gasteiger partial charge in [-0.15, -0.1) is 0 Å². The van der Waals surface area contributed by atoms with Gasteiger partial charge in [0.05, 0.1) is 10.6 Å². The highest BCUT2D eigenvalue weighted by Gasteiger charge is 2.21. The van der Waals surface area contributed by atoms with E-state index in [0.29, 0.717) is 5.56 Å². The zero-order chi connectivity index (χ0) is 12.5. The fourth-order valence-corrected chi connectivity index (χ4v) is 2.28. The van der Waals surface area contributed by atoms with E-state index in [4.69, 9.17) is 10.7 Å². The number of rotatable bonds is 3. The second-order valence-corrected chi connectivity index (χ2v) is 6.08. The zero-order valence-corrected chi connectivity index (χ0v) is 10.2. The van der Waals surface area contributed by atoms with Crippen molar-refractivity contribution in [1.29, 1.82) is 0 Å². The molecule has 0 spiro atoms. The Morgan fingerprint density at radius 3 is 2.50 bits per heavy atom. The maximum absolute atomic E-state index is 10.9. The van der Waals surface area contributed by atoms with Gasteiger partial charge in [-0.1, -0.05) is 0 Å². The van der Waals surface area contributed by atoms with Crippen LogP contribution in [0.1, 0.15) is 16.8 Å².